The van der Waals surface area contributed by atoms with E-state index in [1.807, 2.05) is 49.4 Å². The van der Waals surface area contributed by atoms with E-state index >= 15 is 0 Å². The number of amides is 1. The molecule has 0 bridgehead atoms. The van der Waals surface area contributed by atoms with Gasteiger partial charge in [-0.25, -0.2) is 4.68 Å². The number of ether oxygens (including phenoxy) is 1. The van der Waals surface area contributed by atoms with Gasteiger partial charge in [-0.2, -0.15) is 5.10 Å². The lowest BCUT2D eigenvalue weighted by Crippen LogP contribution is -2.32. The molecule has 1 N–H and O–H groups in total. The molecule has 1 unspecified atom stereocenters. The molecule has 3 heterocycles. The summed E-state index contributed by atoms with van der Waals surface area (Å²) in [6, 6.07) is 13.7. The first-order valence-corrected chi connectivity index (χ1v) is 9.18. The summed E-state index contributed by atoms with van der Waals surface area (Å²) in [5.41, 5.74) is 4.19. The minimum atomic E-state index is -0.193. The molecule has 1 fully saturated rings. The number of carbonyl (C=O) groups is 1. The summed E-state index contributed by atoms with van der Waals surface area (Å²) in [4.78, 5) is 16.8. The molecule has 1 aliphatic rings. The van der Waals surface area contributed by atoms with Gasteiger partial charge in [-0.15, -0.1) is 0 Å². The molecule has 0 radical (unpaired) electrons. The summed E-state index contributed by atoms with van der Waals surface area (Å²) >= 11 is 0. The van der Waals surface area contributed by atoms with Gasteiger partial charge < -0.3 is 10.1 Å². The van der Waals surface area contributed by atoms with E-state index in [-0.39, 0.29) is 12.0 Å². The third-order valence-corrected chi connectivity index (χ3v) is 4.69. The summed E-state index contributed by atoms with van der Waals surface area (Å²) in [6.07, 6.45) is 5.64. The Hall–Kier alpha value is -2.99. The van der Waals surface area contributed by atoms with Crippen molar-refractivity contribution in [2.45, 2.75) is 25.9 Å². The van der Waals surface area contributed by atoms with E-state index in [1.165, 1.54) is 5.56 Å². The molecule has 3 aromatic rings. The number of carbonyl (C=O) groups excluding carboxylic acids is 1. The molecule has 1 saturated heterocycles. The summed E-state index contributed by atoms with van der Waals surface area (Å²) in [6.45, 7) is 3.32. The van der Waals surface area contributed by atoms with Crippen LogP contribution in [0.5, 0.6) is 0 Å². The van der Waals surface area contributed by atoms with Gasteiger partial charge in [-0.05, 0) is 50.1 Å². The van der Waals surface area contributed by atoms with Crippen LogP contribution in [0.4, 0.5) is 0 Å². The number of rotatable bonds is 5. The first-order valence-electron chi connectivity index (χ1n) is 9.18. The second-order valence-electron chi connectivity index (χ2n) is 6.75. The smallest absolute Gasteiger partial charge is 0.271 e. The highest BCUT2D eigenvalue weighted by molar-refractivity contribution is 5.93. The average Bonchev–Trinajstić information content (AvgIpc) is 3.37. The number of pyridine rings is 1. The zero-order valence-electron chi connectivity index (χ0n) is 15.3. The van der Waals surface area contributed by atoms with Gasteiger partial charge in [0.15, 0.2) is 5.69 Å². The molecule has 1 aliphatic heterocycles. The molecule has 138 valence electrons. The van der Waals surface area contributed by atoms with Crippen molar-refractivity contribution in [1.82, 2.24) is 20.1 Å². The van der Waals surface area contributed by atoms with Crippen molar-refractivity contribution in [1.29, 1.82) is 0 Å². The summed E-state index contributed by atoms with van der Waals surface area (Å²) in [7, 11) is 0. The molecule has 6 nitrogen and oxygen atoms in total. The van der Waals surface area contributed by atoms with Crippen LogP contribution in [0, 0.1) is 6.92 Å². The van der Waals surface area contributed by atoms with Gasteiger partial charge in [0, 0.05) is 31.1 Å². The lowest BCUT2D eigenvalue weighted by Gasteiger charge is -2.09. The Balaban J connectivity index is 1.64. The largest absolute Gasteiger partial charge is 0.376 e. The molecule has 0 saturated carbocycles. The van der Waals surface area contributed by atoms with Crippen LogP contribution in [0.15, 0.2) is 54.9 Å². The zero-order chi connectivity index (χ0) is 18.6. The molecule has 6 heteroatoms. The van der Waals surface area contributed by atoms with Crippen LogP contribution in [0.2, 0.25) is 0 Å². The highest BCUT2D eigenvalue weighted by Crippen LogP contribution is 2.23. The fourth-order valence-corrected chi connectivity index (χ4v) is 3.20. The number of nitrogens with zero attached hydrogens (tertiary/aromatic N) is 3. The van der Waals surface area contributed by atoms with E-state index in [0.29, 0.717) is 12.2 Å². The third-order valence-electron chi connectivity index (χ3n) is 4.69. The molecule has 1 amide bonds. The number of benzene rings is 1. The quantitative estimate of drug-likeness (QED) is 0.757. The average molecular weight is 362 g/mol. The topological polar surface area (TPSA) is 69.0 Å². The Kier molecular flexibility index (Phi) is 4.98. The van der Waals surface area contributed by atoms with Gasteiger partial charge >= 0.3 is 0 Å². The Morgan fingerprint density at radius 2 is 2.15 bits per heavy atom. The van der Waals surface area contributed by atoms with Crippen molar-refractivity contribution < 1.29 is 9.53 Å². The molecular weight excluding hydrogens is 340 g/mol. The summed E-state index contributed by atoms with van der Waals surface area (Å²) in [5, 5.41) is 7.51. The van der Waals surface area contributed by atoms with Crippen LogP contribution < -0.4 is 5.32 Å². The fourth-order valence-electron chi connectivity index (χ4n) is 3.20. The first-order chi connectivity index (χ1) is 13.2. The molecule has 0 spiro atoms. The maximum Gasteiger partial charge on any atom is 0.271 e. The number of aryl methyl sites for hydroxylation is 1. The van der Waals surface area contributed by atoms with E-state index < -0.39 is 0 Å². The Labute approximate surface area is 158 Å². The van der Waals surface area contributed by atoms with Crippen molar-refractivity contribution >= 4 is 5.91 Å². The van der Waals surface area contributed by atoms with Gasteiger partial charge in [0.25, 0.3) is 5.91 Å². The highest BCUT2D eigenvalue weighted by atomic mass is 16.5. The molecule has 0 aliphatic carbocycles. The lowest BCUT2D eigenvalue weighted by atomic mass is 10.2. The van der Waals surface area contributed by atoms with Gasteiger partial charge in [0.1, 0.15) is 0 Å². The minimum Gasteiger partial charge on any atom is -0.376 e. The van der Waals surface area contributed by atoms with E-state index in [4.69, 9.17) is 4.74 Å². The second kappa shape index (κ2) is 7.72. The molecule has 4 rings (SSSR count). The maximum atomic E-state index is 12.6. The SMILES string of the molecule is Cc1ccc(-n2nc(C(=O)NCC3CCCO3)cc2-c2cccnc2)cc1. The fraction of sp³-hybridized carbons (Fsp3) is 0.286. The van der Waals surface area contributed by atoms with Crippen molar-refractivity contribution in [2.24, 2.45) is 0 Å². The second-order valence-corrected chi connectivity index (χ2v) is 6.75. The van der Waals surface area contributed by atoms with Crippen LogP contribution in [0.1, 0.15) is 28.9 Å². The molecular formula is C21H22N4O2. The summed E-state index contributed by atoms with van der Waals surface area (Å²) in [5.74, 6) is -0.193. The normalized spacial score (nSPS) is 16.4. The molecule has 27 heavy (non-hydrogen) atoms. The predicted molar refractivity (Wildman–Crippen MR) is 103 cm³/mol. The van der Waals surface area contributed by atoms with Crippen molar-refractivity contribution in [2.75, 3.05) is 13.2 Å². The van der Waals surface area contributed by atoms with Gasteiger partial charge in [0.05, 0.1) is 17.5 Å². The van der Waals surface area contributed by atoms with E-state index in [2.05, 4.69) is 15.4 Å². The highest BCUT2D eigenvalue weighted by Gasteiger charge is 2.20. The van der Waals surface area contributed by atoms with Gasteiger partial charge in [-0.1, -0.05) is 17.7 Å². The van der Waals surface area contributed by atoms with Crippen LogP contribution in [0.3, 0.4) is 0 Å². The Morgan fingerprint density at radius 1 is 1.30 bits per heavy atom. The summed E-state index contributed by atoms with van der Waals surface area (Å²) < 4.78 is 7.36. The third kappa shape index (κ3) is 3.90. The Morgan fingerprint density at radius 3 is 2.85 bits per heavy atom. The standard InChI is InChI=1S/C21H22N4O2/c1-15-6-8-17(9-7-15)25-20(16-4-2-10-22-13-16)12-19(24-25)21(26)23-14-18-5-3-11-27-18/h2,4,6-10,12-13,18H,3,5,11,14H2,1H3,(H,23,26). The van der Waals surface area contributed by atoms with E-state index in [0.717, 1.165) is 36.4 Å². The van der Waals surface area contributed by atoms with Crippen molar-refractivity contribution in [3.05, 3.63) is 66.1 Å². The van der Waals surface area contributed by atoms with Gasteiger partial charge in [0.2, 0.25) is 0 Å². The lowest BCUT2D eigenvalue weighted by molar-refractivity contribution is 0.0853. The number of hydrogen-bond donors (Lipinski definition) is 1. The zero-order valence-corrected chi connectivity index (χ0v) is 15.3. The van der Waals surface area contributed by atoms with Crippen LogP contribution in [0.25, 0.3) is 16.9 Å². The van der Waals surface area contributed by atoms with E-state index in [1.54, 1.807) is 17.1 Å². The van der Waals surface area contributed by atoms with Crippen molar-refractivity contribution in [3.8, 4) is 16.9 Å². The first kappa shape index (κ1) is 17.4. The van der Waals surface area contributed by atoms with Crippen LogP contribution in [-0.4, -0.2) is 39.9 Å². The predicted octanol–water partition coefficient (Wildman–Crippen LogP) is 3.15. The molecule has 2 aromatic heterocycles. The number of nitrogens with one attached hydrogen (secondary N) is 1. The molecule has 1 aromatic carbocycles. The van der Waals surface area contributed by atoms with Crippen LogP contribution in [-0.2, 0) is 4.74 Å². The van der Waals surface area contributed by atoms with Gasteiger partial charge in [-0.3, -0.25) is 9.78 Å². The maximum absolute atomic E-state index is 12.6. The Bertz CT molecular complexity index is 913. The number of hydrogen-bond acceptors (Lipinski definition) is 4. The monoisotopic (exact) mass is 362 g/mol. The van der Waals surface area contributed by atoms with E-state index in [9.17, 15) is 4.79 Å². The van der Waals surface area contributed by atoms with Crippen LogP contribution >= 0.6 is 0 Å². The number of aromatic nitrogens is 3. The minimum absolute atomic E-state index is 0.103. The molecule has 1 atom stereocenters. The van der Waals surface area contributed by atoms with Crippen molar-refractivity contribution in [3.63, 3.8) is 0 Å².